The Hall–Kier alpha value is -2.73. The third kappa shape index (κ3) is 4.88. The summed E-state index contributed by atoms with van der Waals surface area (Å²) in [6.07, 6.45) is 11.2. The number of anilines is 1. The highest BCUT2D eigenvalue weighted by atomic mass is 32.2. The molecule has 1 N–H and O–H groups in total. The number of para-hydroxylation sites is 1. The van der Waals surface area contributed by atoms with Gasteiger partial charge >= 0.3 is 0 Å². The second-order valence-corrected chi connectivity index (χ2v) is 10.4. The Bertz CT molecular complexity index is 1070. The van der Waals surface area contributed by atoms with Crippen LogP contribution >= 0.6 is 11.8 Å². The Morgan fingerprint density at radius 3 is 2.59 bits per heavy atom. The molecule has 34 heavy (non-hydrogen) atoms. The molecular formula is C28H33N3O2S. The van der Waals surface area contributed by atoms with Gasteiger partial charge < -0.3 is 15.0 Å². The Morgan fingerprint density at radius 2 is 1.88 bits per heavy atom. The molecule has 2 heterocycles. The number of hydrogen-bond donors (Lipinski definition) is 1. The molecule has 1 atom stereocenters. The average Bonchev–Trinajstić information content (AvgIpc) is 3.28. The first-order valence-corrected chi connectivity index (χ1v) is 13.4. The molecule has 0 spiro atoms. The first kappa shape index (κ1) is 23.0. The fraction of sp³-hybridized carbons (Fsp3) is 0.429. The Labute approximate surface area is 206 Å². The number of thioether (sulfide) groups is 1. The standard InChI is InChI=1S/C28H33N3O2S/c1-21(32)30-28(16-6-2-3-7-17-28)23-11-14-25(15-12-23)33-20-24-13-10-22-8-4-5-9-26(22)31(24)27-29-18-19-34-27/h4-5,8-15,24H,2-3,6-7,16-20H2,1H3,(H,30,32). The van der Waals surface area contributed by atoms with E-state index in [1.54, 1.807) is 6.92 Å². The predicted octanol–water partition coefficient (Wildman–Crippen LogP) is 5.76. The van der Waals surface area contributed by atoms with Gasteiger partial charge in [0.2, 0.25) is 5.91 Å². The van der Waals surface area contributed by atoms with E-state index in [9.17, 15) is 4.79 Å². The number of nitrogens with zero attached hydrogens (tertiary/aromatic N) is 2. The van der Waals surface area contributed by atoms with Crippen molar-refractivity contribution in [3.05, 3.63) is 65.7 Å². The zero-order valence-corrected chi connectivity index (χ0v) is 20.7. The van der Waals surface area contributed by atoms with Crippen LogP contribution in [-0.2, 0) is 10.3 Å². The summed E-state index contributed by atoms with van der Waals surface area (Å²) in [6, 6.07) is 16.9. The van der Waals surface area contributed by atoms with Crippen molar-refractivity contribution in [2.24, 2.45) is 4.99 Å². The molecule has 5 rings (SSSR count). The summed E-state index contributed by atoms with van der Waals surface area (Å²) in [4.78, 5) is 19.1. The summed E-state index contributed by atoms with van der Waals surface area (Å²) in [5, 5.41) is 4.37. The van der Waals surface area contributed by atoms with Gasteiger partial charge in [0.05, 0.1) is 23.8 Å². The Balaban J connectivity index is 1.32. The van der Waals surface area contributed by atoms with E-state index in [-0.39, 0.29) is 17.5 Å². The van der Waals surface area contributed by atoms with Crippen molar-refractivity contribution >= 4 is 34.6 Å². The van der Waals surface area contributed by atoms with Crippen molar-refractivity contribution in [2.75, 3.05) is 23.8 Å². The quantitative estimate of drug-likeness (QED) is 0.559. The van der Waals surface area contributed by atoms with Gasteiger partial charge in [-0.25, -0.2) is 0 Å². The van der Waals surface area contributed by atoms with Gasteiger partial charge in [0.15, 0.2) is 5.17 Å². The number of nitrogens with one attached hydrogen (secondary N) is 1. The second kappa shape index (κ2) is 10.3. The SMILES string of the molecule is CC(=O)NC1(c2ccc(OCC3C=Cc4ccccc4N3C3=NCCS3)cc2)CCCCCC1. The molecule has 2 aromatic carbocycles. The lowest BCUT2D eigenvalue weighted by atomic mass is 9.82. The second-order valence-electron chi connectivity index (χ2n) is 9.38. The summed E-state index contributed by atoms with van der Waals surface area (Å²) in [7, 11) is 0. The molecule has 0 bridgehead atoms. The predicted molar refractivity (Wildman–Crippen MR) is 142 cm³/mol. The minimum atomic E-state index is -0.259. The maximum atomic E-state index is 12.0. The van der Waals surface area contributed by atoms with E-state index in [0.29, 0.717) is 6.61 Å². The van der Waals surface area contributed by atoms with Crippen LogP contribution in [0.15, 0.2) is 59.6 Å². The van der Waals surface area contributed by atoms with E-state index in [2.05, 4.69) is 70.9 Å². The van der Waals surface area contributed by atoms with Crippen LogP contribution in [0.4, 0.5) is 5.69 Å². The van der Waals surface area contributed by atoms with E-state index < -0.39 is 0 Å². The van der Waals surface area contributed by atoms with Crippen molar-refractivity contribution < 1.29 is 9.53 Å². The van der Waals surface area contributed by atoms with Crippen LogP contribution in [0.25, 0.3) is 6.08 Å². The fourth-order valence-electron chi connectivity index (χ4n) is 5.38. The van der Waals surface area contributed by atoms with Gasteiger partial charge in [-0.15, -0.1) is 0 Å². The minimum absolute atomic E-state index is 0.0411. The lowest BCUT2D eigenvalue weighted by Crippen LogP contribution is -2.44. The molecule has 178 valence electrons. The van der Waals surface area contributed by atoms with Crippen LogP contribution in [0.2, 0.25) is 0 Å². The highest BCUT2D eigenvalue weighted by Gasteiger charge is 2.34. The molecule has 1 fully saturated rings. The van der Waals surface area contributed by atoms with Gasteiger partial charge in [-0.2, -0.15) is 0 Å². The average molecular weight is 476 g/mol. The number of aliphatic imine (C=N–C) groups is 1. The molecule has 1 aliphatic carbocycles. The summed E-state index contributed by atoms with van der Waals surface area (Å²) in [6.45, 7) is 3.03. The lowest BCUT2D eigenvalue weighted by molar-refractivity contribution is -0.121. The summed E-state index contributed by atoms with van der Waals surface area (Å²) >= 11 is 1.81. The number of benzene rings is 2. The van der Waals surface area contributed by atoms with E-state index in [1.807, 2.05) is 11.8 Å². The lowest BCUT2D eigenvalue weighted by Gasteiger charge is -2.35. The molecule has 2 aromatic rings. The number of rotatable bonds is 5. The van der Waals surface area contributed by atoms with Crippen LogP contribution in [-0.4, -0.2) is 36.0 Å². The molecule has 6 heteroatoms. The highest BCUT2D eigenvalue weighted by molar-refractivity contribution is 8.14. The summed E-state index contributed by atoms with van der Waals surface area (Å²) in [5.74, 6) is 1.92. The van der Waals surface area contributed by atoms with Gasteiger partial charge in [0.25, 0.3) is 0 Å². The number of amides is 1. The number of hydrogen-bond acceptors (Lipinski definition) is 5. The van der Waals surface area contributed by atoms with Gasteiger partial charge in [-0.3, -0.25) is 9.79 Å². The van der Waals surface area contributed by atoms with E-state index in [1.165, 1.54) is 29.7 Å². The zero-order valence-electron chi connectivity index (χ0n) is 19.8. The number of carbonyl (C=O) groups excluding carboxylic acids is 1. The summed E-state index contributed by atoms with van der Waals surface area (Å²) in [5.41, 5.74) is 3.32. The van der Waals surface area contributed by atoms with Gasteiger partial charge in [0, 0.05) is 12.7 Å². The third-order valence-corrected chi connectivity index (χ3v) is 7.97. The van der Waals surface area contributed by atoms with Crippen molar-refractivity contribution in [3.8, 4) is 5.75 Å². The van der Waals surface area contributed by atoms with Crippen LogP contribution < -0.4 is 15.0 Å². The molecule has 5 nitrogen and oxygen atoms in total. The first-order chi connectivity index (χ1) is 16.6. The molecule has 1 unspecified atom stereocenters. The van der Waals surface area contributed by atoms with Crippen LogP contribution in [0.1, 0.15) is 56.6 Å². The molecule has 0 radical (unpaired) electrons. The number of ether oxygens (including phenoxy) is 1. The molecule has 0 saturated heterocycles. The minimum Gasteiger partial charge on any atom is -0.491 e. The van der Waals surface area contributed by atoms with Gasteiger partial charge in [-0.1, -0.05) is 79.9 Å². The van der Waals surface area contributed by atoms with E-state index >= 15 is 0 Å². The Kier molecular flexibility index (Phi) is 6.95. The highest BCUT2D eigenvalue weighted by Crippen LogP contribution is 2.37. The molecular weight excluding hydrogens is 442 g/mol. The first-order valence-electron chi connectivity index (χ1n) is 12.4. The van der Waals surface area contributed by atoms with Crippen molar-refractivity contribution in [1.82, 2.24) is 5.32 Å². The monoisotopic (exact) mass is 475 g/mol. The Morgan fingerprint density at radius 1 is 1.12 bits per heavy atom. The topological polar surface area (TPSA) is 53.9 Å². The largest absolute Gasteiger partial charge is 0.491 e. The summed E-state index contributed by atoms with van der Waals surface area (Å²) < 4.78 is 6.29. The normalized spacial score (nSPS) is 21.4. The van der Waals surface area contributed by atoms with Crippen molar-refractivity contribution in [1.29, 1.82) is 0 Å². The maximum Gasteiger partial charge on any atom is 0.217 e. The molecule has 0 aromatic heterocycles. The molecule has 1 amide bonds. The molecule has 3 aliphatic rings. The fourth-order valence-corrected chi connectivity index (χ4v) is 6.30. The number of amidine groups is 1. The van der Waals surface area contributed by atoms with E-state index in [4.69, 9.17) is 9.73 Å². The van der Waals surface area contributed by atoms with Gasteiger partial charge in [0.1, 0.15) is 12.4 Å². The maximum absolute atomic E-state index is 12.0. The van der Waals surface area contributed by atoms with Crippen LogP contribution in [0, 0.1) is 0 Å². The molecule has 1 saturated carbocycles. The van der Waals surface area contributed by atoms with E-state index in [0.717, 1.165) is 48.9 Å². The smallest absolute Gasteiger partial charge is 0.217 e. The van der Waals surface area contributed by atoms with Crippen molar-refractivity contribution in [3.63, 3.8) is 0 Å². The number of carbonyl (C=O) groups is 1. The van der Waals surface area contributed by atoms with Crippen LogP contribution in [0.3, 0.4) is 0 Å². The number of fused-ring (bicyclic) bond motifs is 1. The van der Waals surface area contributed by atoms with Crippen LogP contribution in [0.5, 0.6) is 5.75 Å². The molecule has 2 aliphatic heterocycles. The zero-order chi connectivity index (χ0) is 23.4. The third-order valence-electron chi connectivity index (χ3n) is 7.00. The van der Waals surface area contributed by atoms with Crippen molar-refractivity contribution in [2.45, 2.75) is 57.0 Å². The van der Waals surface area contributed by atoms with Gasteiger partial charge in [-0.05, 0) is 42.2 Å².